The topological polar surface area (TPSA) is 75.1 Å². The van der Waals surface area contributed by atoms with Crippen LogP contribution in [0, 0.1) is 0 Å². The van der Waals surface area contributed by atoms with Crippen molar-refractivity contribution in [3.8, 4) is 0 Å². The summed E-state index contributed by atoms with van der Waals surface area (Å²) in [5.74, 6) is 0.686. The van der Waals surface area contributed by atoms with Gasteiger partial charge in [0.15, 0.2) is 5.65 Å². The first-order valence-corrected chi connectivity index (χ1v) is 6.79. The first kappa shape index (κ1) is 11.4. The second kappa shape index (κ2) is 4.54. The Bertz CT molecular complexity index is 746. The van der Waals surface area contributed by atoms with E-state index in [4.69, 9.17) is 0 Å². The fourth-order valence-corrected chi connectivity index (χ4v) is 2.92. The summed E-state index contributed by atoms with van der Waals surface area (Å²) in [7, 11) is 0. The number of H-pyrrole nitrogens is 1. The van der Waals surface area contributed by atoms with E-state index in [2.05, 4.69) is 42.5 Å². The molecule has 0 atom stereocenters. The molecular weight excluding hydrogens is 318 g/mol. The number of nitrogens with one attached hydrogen (secondary N) is 2. The molecule has 0 aliphatic rings. The number of rotatable bonds is 3. The molecule has 3 aromatic heterocycles. The molecular formula is C10H8BrN5OS. The van der Waals surface area contributed by atoms with Crippen molar-refractivity contribution in [2.24, 2.45) is 0 Å². The van der Waals surface area contributed by atoms with Crippen LogP contribution < -0.4 is 11.0 Å². The Hall–Kier alpha value is -1.67. The van der Waals surface area contributed by atoms with Crippen LogP contribution in [0.2, 0.25) is 0 Å². The average molecular weight is 326 g/mol. The van der Waals surface area contributed by atoms with Gasteiger partial charge >= 0.3 is 5.69 Å². The lowest BCUT2D eigenvalue weighted by atomic mass is 10.4. The highest BCUT2D eigenvalue weighted by Gasteiger charge is 2.03. The van der Waals surface area contributed by atoms with Gasteiger partial charge in [-0.05, 0) is 22.0 Å². The van der Waals surface area contributed by atoms with E-state index in [9.17, 15) is 4.79 Å². The van der Waals surface area contributed by atoms with Crippen LogP contribution in [-0.4, -0.2) is 19.6 Å². The van der Waals surface area contributed by atoms with Crippen molar-refractivity contribution >= 4 is 38.7 Å². The van der Waals surface area contributed by atoms with Gasteiger partial charge in [0, 0.05) is 20.8 Å². The molecule has 0 aliphatic carbocycles. The normalized spacial score (nSPS) is 10.9. The zero-order valence-electron chi connectivity index (χ0n) is 9.05. The van der Waals surface area contributed by atoms with Crippen molar-refractivity contribution in [3.05, 3.63) is 43.7 Å². The highest BCUT2D eigenvalue weighted by atomic mass is 79.9. The van der Waals surface area contributed by atoms with Crippen molar-refractivity contribution in [2.75, 3.05) is 5.32 Å². The van der Waals surface area contributed by atoms with E-state index in [-0.39, 0.29) is 5.69 Å². The monoisotopic (exact) mass is 325 g/mol. The van der Waals surface area contributed by atoms with Crippen LogP contribution in [0.5, 0.6) is 0 Å². The van der Waals surface area contributed by atoms with Gasteiger partial charge in [0.25, 0.3) is 0 Å². The van der Waals surface area contributed by atoms with Crippen LogP contribution in [0.3, 0.4) is 0 Å². The number of thiophene rings is 1. The average Bonchev–Trinajstić information content (AvgIpc) is 2.94. The van der Waals surface area contributed by atoms with E-state index in [0.29, 0.717) is 18.0 Å². The summed E-state index contributed by atoms with van der Waals surface area (Å²) in [5, 5.41) is 11.5. The quantitative estimate of drug-likeness (QED) is 0.770. The van der Waals surface area contributed by atoms with Gasteiger partial charge in [-0.2, -0.15) is 5.10 Å². The van der Waals surface area contributed by atoms with Gasteiger partial charge in [0.2, 0.25) is 0 Å². The van der Waals surface area contributed by atoms with Crippen molar-refractivity contribution in [1.29, 1.82) is 0 Å². The molecule has 0 fully saturated rings. The van der Waals surface area contributed by atoms with Crippen LogP contribution in [0.15, 0.2) is 33.1 Å². The van der Waals surface area contributed by atoms with E-state index >= 15 is 0 Å². The lowest BCUT2D eigenvalue weighted by Gasteiger charge is -2.03. The summed E-state index contributed by atoms with van der Waals surface area (Å²) in [6.07, 6.45) is 1.45. The molecule has 0 amide bonds. The number of hydrogen-bond donors (Lipinski definition) is 2. The Kier molecular flexibility index (Phi) is 2.88. The molecule has 0 unspecified atom stereocenters. The first-order chi connectivity index (χ1) is 8.72. The lowest BCUT2D eigenvalue weighted by Crippen LogP contribution is -2.10. The summed E-state index contributed by atoms with van der Waals surface area (Å²) in [4.78, 5) is 16.6. The molecule has 0 bridgehead atoms. The van der Waals surface area contributed by atoms with Crippen LogP contribution in [0.1, 0.15) is 4.88 Å². The highest BCUT2D eigenvalue weighted by molar-refractivity contribution is 9.10. The maximum atomic E-state index is 11.3. The van der Waals surface area contributed by atoms with E-state index in [1.165, 1.54) is 15.6 Å². The van der Waals surface area contributed by atoms with Crippen molar-refractivity contribution in [3.63, 3.8) is 0 Å². The molecule has 92 valence electrons. The van der Waals surface area contributed by atoms with E-state index < -0.39 is 0 Å². The predicted octanol–water partition coefficient (Wildman–Crippen LogP) is 1.85. The zero-order chi connectivity index (χ0) is 12.5. The second-order valence-electron chi connectivity index (χ2n) is 3.62. The molecule has 18 heavy (non-hydrogen) atoms. The molecule has 0 spiro atoms. The zero-order valence-corrected chi connectivity index (χ0v) is 11.5. The number of aromatic amines is 1. The van der Waals surface area contributed by atoms with Crippen LogP contribution in [0.4, 0.5) is 5.82 Å². The third kappa shape index (κ3) is 2.16. The first-order valence-electron chi connectivity index (χ1n) is 5.12. The minimum atomic E-state index is -0.286. The summed E-state index contributed by atoms with van der Waals surface area (Å²) in [5.41, 5.74) is 0.260. The van der Waals surface area contributed by atoms with Gasteiger partial charge in [0.05, 0.1) is 6.54 Å². The van der Waals surface area contributed by atoms with Crippen LogP contribution in [0.25, 0.3) is 5.65 Å². The molecule has 3 aromatic rings. The summed E-state index contributed by atoms with van der Waals surface area (Å²) >= 11 is 5.07. The third-order valence-corrected chi connectivity index (χ3v) is 4.07. The molecule has 3 heterocycles. The van der Waals surface area contributed by atoms with Crippen molar-refractivity contribution < 1.29 is 0 Å². The van der Waals surface area contributed by atoms with Gasteiger partial charge in [-0.15, -0.1) is 11.3 Å². The van der Waals surface area contributed by atoms with Gasteiger partial charge in [0.1, 0.15) is 12.1 Å². The van der Waals surface area contributed by atoms with Crippen LogP contribution in [-0.2, 0) is 6.54 Å². The Morgan fingerprint density at radius 3 is 3.17 bits per heavy atom. The Morgan fingerprint density at radius 2 is 2.39 bits per heavy atom. The molecule has 8 heteroatoms. The predicted molar refractivity (Wildman–Crippen MR) is 73.0 cm³/mol. The third-order valence-electron chi connectivity index (χ3n) is 2.38. The molecule has 0 saturated heterocycles. The number of aromatic nitrogens is 4. The number of hydrogen-bond acceptors (Lipinski definition) is 5. The van der Waals surface area contributed by atoms with Crippen molar-refractivity contribution in [1.82, 2.24) is 19.6 Å². The van der Waals surface area contributed by atoms with Gasteiger partial charge in [-0.25, -0.2) is 19.3 Å². The minimum Gasteiger partial charge on any atom is -0.365 e. The lowest BCUT2D eigenvalue weighted by molar-refractivity contribution is 0.992. The standard InChI is InChI=1S/C10H8BrN5OS/c11-6-1-7(18-4-6)3-12-8-2-9-14-15-10(17)16(9)5-13-8/h1-2,4-5,12H,3H2,(H,15,17). The van der Waals surface area contributed by atoms with E-state index in [1.54, 1.807) is 17.4 Å². The summed E-state index contributed by atoms with van der Waals surface area (Å²) < 4.78 is 2.43. The van der Waals surface area contributed by atoms with Gasteiger partial charge in [-0.3, -0.25) is 0 Å². The van der Waals surface area contributed by atoms with Gasteiger partial charge in [-0.1, -0.05) is 0 Å². The molecule has 2 N–H and O–H groups in total. The number of nitrogens with zero attached hydrogens (tertiary/aromatic N) is 3. The molecule has 0 radical (unpaired) electrons. The SMILES string of the molecule is O=c1[nH]nc2cc(NCc3cc(Br)cs3)ncn12. The molecule has 3 rings (SSSR count). The Morgan fingerprint density at radius 1 is 1.50 bits per heavy atom. The van der Waals surface area contributed by atoms with Gasteiger partial charge < -0.3 is 5.32 Å². The Balaban J connectivity index is 1.80. The van der Waals surface area contributed by atoms with E-state index in [0.717, 1.165) is 4.47 Å². The maximum absolute atomic E-state index is 11.3. The number of halogens is 1. The fraction of sp³-hybridized carbons (Fsp3) is 0.100. The number of fused-ring (bicyclic) bond motifs is 1. The minimum absolute atomic E-state index is 0.286. The maximum Gasteiger partial charge on any atom is 0.348 e. The number of anilines is 1. The van der Waals surface area contributed by atoms with Crippen molar-refractivity contribution in [2.45, 2.75) is 6.54 Å². The molecule has 0 saturated carbocycles. The highest BCUT2D eigenvalue weighted by Crippen LogP contribution is 2.20. The van der Waals surface area contributed by atoms with Crippen LogP contribution >= 0.6 is 27.3 Å². The fourth-order valence-electron chi connectivity index (χ4n) is 1.53. The second-order valence-corrected chi connectivity index (χ2v) is 5.53. The molecule has 0 aromatic carbocycles. The Labute approximate surface area is 114 Å². The summed E-state index contributed by atoms with van der Waals surface area (Å²) in [6, 6.07) is 3.77. The smallest absolute Gasteiger partial charge is 0.348 e. The van der Waals surface area contributed by atoms with E-state index in [1.807, 2.05) is 5.38 Å². The molecule has 6 nitrogen and oxygen atoms in total. The largest absolute Gasteiger partial charge is 0.365 e. The molecule has 0 aliphatic heterocycles. The summed E-state index contributed by atoms with van der Waals surface area (Å²) in [6.45, 7) is 0.689.